The summed E-state index contributed by atoms with van der Waals surface area (Å²) in [6.07, 6.45) is 7.83. The molecule has 0 aliphatic heterocycles. The Morgan fingerprint density at radius 3 is 2.79 bits per heavy atom. The molecule has 1 saturated carbocycles. The van der Waals surface area contributed by atoms with Crippen LogP contribution in [0.25, 0.3) is 0 Å². The van der Waals surface area contributed by atoms with Crippen LogP contribution in [-0.4, -0.2) is 18.5 Å². The number of hydrogen-bond donors (Lipinski definition) is 2. The molecule has 1 fully saturated rings. The van der Waals surface area contributed by atoms with Crippen LogP contribution < -0.4 is 11.1 Å². The van der Waals surface area contributed by atoms with E-state index < -0.39 is 0 Å². The van der Waals surface area contributed by atoms with Gasteiger partial charge in [0.2, 0.25) is 0 Å². The van der Waals surface area contributed by atoms with Crippen LogP contribution in [0, 0.1) is 0 Å². The zero-order valence-electron chi connectivity index (χ0n) is 11.8. The fourth-order valence-corrected chi connectivity index (χ4v) is 3.35. The van der Waals surface area contributed by atoms with Gasteiger partial charge < -0.3 is 11.1 Å². The molecule has 106 valence electrons. The molecule has 0 aromatic carbocycles. The van der Waals surface area contributed by atoms with Crippen LogP contribution in [0.15, 0.2) is 22.5 Å². The SMILES string of the molecule is CC(CN=C(N)NC1CCCCCC1)c1cccs1. The van der Waals surface area contributed by atoms with Crippen molar-refractivity contribution in [1.82, 2.24) is 5.32 Å². The van der Waals surface area contributed by atoms with Gasteiger partial charge in [-0.15, -0.1) is 11.3 Å². The van der Waals surface area contributed by atoms with Gasteiger partial charge in [-0.25, -0.2) is 0 Å². The van der Waals surface area contributed by atoms with Crippen molar-refractivity contribution in [2.45, 2.75) is 57.4 Å². The molecule has 1 unspecified atom stereocenters. The van der Waals surface area contributed by atoms with E-state index in [1.165, 1.54) is 43.4 Å². The zero-order valence-corrected chi connectivity index (χ0v) is 12.6. The Bertz CT molecular complexity index is 378. The van der Waals surface area contributed by atoms with Crippen LogP contribution in [0.5, 0.6) is 0 Å². The highest BCUT2D eigenvalue weighted by atomic mass is 32.1. The molecular formula is C15H25N3S. The van der Waals surface area contributed by atoms with Crippen molar-refractivity contribution >= 4 is 17.3 Å². The molecule has 1 aliphatic carbocycles. The number of guanidine groups is 1. The Hall–Kier alpha value is -1.03. The van der Waals surface area contributed by atoms with E-state index in [4.69, 9.17) is 5.73 Å². The van der Waals surface area contributed by atoms with Gasteiger partial charge in [-0.05, 0) is 24.3 Å². The quantitative estimate of drug-likeness (QED) is 0.503. The lowest BCUT2D eigenvalue weighted by Gasteiger charge is -2.17. The first-order chi connectivity index (χ1) is 9.25. The van der Waals surface area contributed by atoms with E-state index in [-0.39, 0.29) is 0 Å². The number of nitrogens with one attached hydrogen (secondary N) is 1. The predicted molar refractivity (Wildman–Crippen MR) is 83.8 cm³/mol. The standard InChI is InChI=1S/C15H25N3S/c1-12(14-9-6-10-19-14)11-17-15(16)18-13-7-4-2-3-5-8-13/h6,9-10,12-13H,2-5,7-8,11H2,1H3,(H3,16,17,18). The summed E-state index contributed by atoms with van der Waals surface area (Å²) in [5.74, 6) is 1.07. The normalized spacial score (nSPS) is 19.9. The van der Waals surface area contributed by atoms with Crippen LogP contribution in [0.4, 0.5) is 0 Å². The molecule has 1 heterocycles. The summed E-state index contributed by atoms with van der Waals surface area (Å²) in [4.78, 5) is 5.88. The number of nitrogens with zero attached hydrogens (tertiary/aromatic N) is 1. The van der Waals surface area contributed by atoms with Crippen molar-refractivity contribution < 1.29 is 0 Å². The second-order valence-corrected chi connectivity index (χ2v) is 6.45. The number of nitrogens with two attached hydrogens (primary N) is 1. The molecule has 4 heteroatoms. The van der Waals surface area contributed by atoms with Gasteiger partial charge in [0.05, 0.1) is 6.54 Å². The molecule has 3 nitrogen and oxygen atoms in total. The van der Waals surface area contributed by atoms with Crippen molar-refractivity contribution in [3.8, 4) is 0 Å². The third kappa shape index (κ3) is 4.86. The van der Waals surface area contributed by atoms with E-state index in [0.717, 1.165) is 6.54 Å². The average molecular weight is 279 g/mol. The fraction of sp³-hybridized carbons (Fsp3) is 0.667. The van der Waals surface area contributed by atoms with E-state index in [1.54, 1.807) is 11.3 Å². The van der Waals surface area contributed by atoms with Gasteiger partial charge in [0.15, 0.2) is 5.96 Å². The second-order valence-electron chi connectivity index (χ2n) is 5.48. The van der Waals surface area contributed by atoms with Crippen molar-refractivity contribution in [1.29, 1.82) is 0 Å². The molecule has 1 aliphatic rings. The lowest BCUT2D eigenvalue weighted by atomic mass is 10.1. The van der Waals surface area contributed by atoms with E-state index in [0.29, 0.717) is 17.9 Å². The first-order valence-corrected chi connectivity index (χ1v) is 8.23. The van der Waals surface area contributed by atoms with Crippen LogP contribution in [0.1, 0.15) is 56.2 Å². The largest absolute Gasteiger partial charge is 0.370 e. The van der Waals surface area contributed by atoms with Gasteiger partial charge in [0, 0.05) is 16.8 Å². The molecule has 0 saturated heterocycles. The van der Waals surface area contributed by atoms with Gasteiger partial charge in [0.25, 0.3) is 0 Å². The van der Waals surface area contributed by atoms with E-state index >= 15 is 0 Å². The zero-order chi connectivity index (χ0) is 13.5. The molecule has 0 spiro atoms. The summed E-state index contributed by atoms with van der Waals surface area (Å²) in [5, 5.41) is 5.50. The van der Waals surface area contributed by atoms with E-state index in [9.17, 15) is 0 Å². The minimum atomic E-state index is 0.453. The third-order valence-corrected chi connectivity index (χ3v) is 4.88. The van der Waals surface area contributed by atoms with Crippen LogP contribution in [-0.2, 0) is 0 Å². The van der Waals surface area contributed by atoms with Gasteiger partial charge in [-0.2, -0.15) is 0 Å². The number of hydrogen-bond acceptors (Lipinski definition) is 2. The lowest BCUT2D eigenvalue weighted by molar-refractivity contribution is 0.529. The maximum Gasteiger partial charge on any atom is 0.188 e. The third-order valence-electron chi connectivity index (χ3n) is 3.77. The molecule has 1 aromatic rings. The van der Waals surface area contributed by atoms with Gasteiger partial charge in [0.1, 0.15) is 0 Å². The molecular weight excluding hydrogens is 254 g/mol. The minimum Gasteiger partial charge on any atom is -0.370 e. The Labute approximate surface area is 120 Å². The summed E-state index contributed by atoms with van der Waals surface area (Å²) in [6, 6.07) is 4.79. The van der Waals surface area contributed by atoms with Crippen LogP contribution in [0.2, 0.25) is 0 Å². The first kappa shape index (κ1) is 14.4. The molecule has 0 radical (unpaired) electrons. The molecule has 3 N–H and O–H groups in total. The number of aliphatic imine (C=N–C) groups is 1. The number of rotatable bonds is 4. The molecule has 0 amide bonds. The number of thiophene rings is 1. The molecule has 2 rings (SSSR count). The lowest BCUT2D eigenvalue weighted by Crippen LogP contribution is -2.40. The Balaban J connectivity index is 1.78. The Kier molecular flexibility index (Phi) is 5.70. The highest BCUT2D eigenvalue weighted by Crippen LogP contribution is 2.20. The summed E-state index contributed by atoms with van der Waals surface area (Å²) in [7, 11) is 0. The predicted octanol–water partition coefficient (Wildman–Crippen LogP) is 3.48. The molecule has 19 heavy (non-hydrogen) atoms. The topological polar surface area (TPSA) is 50.4 Å². The van der Waals surface area contributed by atoms with Crippen molar-refractivity contribution in [2.24, 2.45) is 10.7 Å². The fourth-order valence-electron chi connectivity index (χ4n) is 2.58. The average Bonchev–Trinajstić information content (AvgIpc) is 2.82. The highest BCUT2D eigenvalue weighted by Gasteiger charge is 2.12. The smallest absolute Gasteiger partial charge is 0.188 e. The van der Waals surface area contributed by atoms with Crippen molar-refractivity contribution in [3.63, 3.8) is 0 Å². The van der Waals surface area contributed by atoms with Crippen molar-refractivity contribution in [3.05, 3.63) is 22.4 Å². The van der Waals surface area contributed by atoms with Gasteiger partial charge in [-0.3, -0.25) is 4.99 Å². The summed E-state index contributed by atoms with van der Waals surface area (Å²) in [6.45, 7) is 2.97. The molecule has 1 aromatic heterocycles. The van der Waals surface area contributed by atoms with E-state index in [2.05, 4.69) is 34.7 Å². The monoisotopic (exact) mass is 279 g/mol. The maximum atomic E-state index is 6.00. The summed E-state index contributed by atoms with van der Waals surface area (Å²) < 4.78 is 0. The Morgan fingerprint density at radius 1 is 1.42 bits per heavy atom. The summed E-state index contributed by atoms with van der Waals surface area (Å²) in [5.41, 5.74) is 6.00. The van der Waals surface area contributed by atoms with Crippen LogP contribution in [0.3, 0.4) is 0 Å². The minimum absolute atomic E-state index is 0.453. The first-order valence-electron chi connectivity index (χ1n) is 7.35. The molecule has 1 atom stereocenters. The molecule has 0 bridgehead atoms. The van der Waals surface area contributed by atoms with Gasteiger partial charge in [-0.1, -0.05) is 38.7 Å². The van der Waals surface area contributed by atoms with Gasteiger partial charge >= 0.3 is 0 Å². The second kappa shape index (κ2) is 7.53. The maximum absolute atomic E-state index is 6.00. The highest BCUT2D eigenvalue weighted by molar-refractivity contribution is 7.10. The van der Waals surface area contributed by atoms with E-state index in [1.807, 2.05) is 0 Å². The summed E-state index contributed by atoms with van der Waals surface area (Å²) >= 11 is 1.79. The Morgan fingerprint density at radius 2 is 2.16 bits per heavy atom. The van der Waals surface area contributed by atoms with Crippen molar-refractivity contribution in [2.75, 3.05) is 6.54 Å². The van der Waals surface area contributed by atoms with Crippen LogP contribution >= 0.6 is 11.3 Å².